The van der Waals surface area contributed by atoms with Crippen LogP contribution in [-0.2, 0) is 15.1 Å². The summed E-state index contributed by atoms with van der Waals surface area (Å²) in [5, 5.41) is 0. The third-order valence-electron chi connectivity index (χ3n) is 5.04. The van der Waals surface area contributed by atoms with Crippen molar-refractivity contribution in [2.45, 2.75) is 44.6 Å². The number of esters is 1. The van der Waals surface area contributed by atoms with Gasteiger partial charge in [0, 0.05) is 23.1 Å². The van der Waals surface area contributed by atoms with Crippen LogP contribution in [0, 0.1) is 0 Å². The lowest BCUT2D eigenvalue weighted by molar-refractivity contribution is -0.153. The topological polar surface area (TPSA) is 26.3 Å². The molecule has 0 fully saturated rings. The van der Waals surface area contributed by atoms with Gasteiger partial charge in [-0.2, -0.15) is 0 Å². The molecule has 0 aliphatic rings. The minimum Gasteiger partial charge on any atom is -0.444 e. The number of carbonyl (C=O) groups excluding carboxylic acids is 1. The Morgan fingerprint density at radius 1 is 0.679 bits per heavy atom. The van der Waals surface area contributed by atoms with Gasteiger partial charge in [-0.15, -0.1) is 0 Å². The van der Waals surface area contributed by atoms with E-state index < -0.39 is 5.60 Å². The van der Waals surface area contributed by atoms with Gasteiger partial charge in [0.05, 0.1) is 0 Å². The molecule has 2 nitrogen and oxygen atoms in total. The Balaban J connectivity index is 2.05. The molecule has 0 saturated heterocycles. The van der Waals surface area contributed by atoms with Crippen LogP contribution >= 0.6 is 0 Å². The molecular formula is C26H28O2. The molecule has 0 radical (unpaired) electrons. The zero-order valence-corrected chi connectivity index (χ0v) is 16.5. The maximum atomic E-state index is 12.9. The molecule has 3 rings (SSSR count). The summed E-state index contributed by atoms with van der Waals surface area (Å²) in [6.45, 7) is 2.17. The van der Waals surface area contributed by atoms with E-state index in [0.717, 1.165) is 42.4 Å². The molecule has 0 spiro atoms. The van der Waals surface area contributed by atoms with Crippen molar-refractivity contribution in [3.63, 3.8) is 0 Å². The summed E-state index contributed by atoms with van der Waals surface area (Å²) in [4.78, 5) is 12.9. The number of carbonyl (C=O) groups is 1. The van der Waals surface area contributed by atoms with Gasteiger partial charge in [0.1, 0.15) is 0 Å². The fourth-order valence-corrected chi connectivity index (χ4v) is 3.61. The van der Waals surface area contributed by atoms with Gasteiger partial charge in [0.25, 0.3) is 0 Å². The number of unbranched alkanes of at least 4 members (excludes halogenated alkanes) is 3. The molecule has 3 aromatic carbocycles. The standard InChI is InChI=1S/C26H28O2/c1-2-3-4-14-21-25(27)28-26(22-15-8-5-9-16-22,23-17-10-6-11-18-23)24-19-12-7-13-20-24/h5-13,15-20H,2-4,14,21H2,1H3. The monoisotopic (exact) mass is 372 g/mol. The van der Waals surface area contributed by atoms with Crippen LogP contribution in [-0.4, -0.2) is 5.97 Å². The third kappa shape index (κ3) is 4.51. The molecule has 0 amide bonds. The molecule has 3 aromatic rings. The summed E-state index contributed by atoms with van der Waals surface area (Å²) in [7, 11) is 0. The Morgan fingerprint density at radius 3 is 1.50 bits per heavy atom. The Morgan fingerprint density at radius 2 is 1.11 bits per heavy atom. The summed E-state index contributed by atoms with van der Waals surface area (Å²) >= 11 is 0. The van der Waals surface area contributed by atoms with Crippen LogP contribution in [0.25, 0.3) is 0 Å². The molecule has 0 aliphatic heterocycles. The van der Waals surface area contributed by atoms with Crippen LogP contribution in [0.3, 0.4) is 0 Å². The number of hydrogen-bond acceptors (Lipinski definition) is 2. The van der Waals surface area contributed by atoms with Crippen LogP contribution in [0.15, 0.2) is 91.0 Å². The quantitative estimate of drug-likeness (QED) is 0.244. The first kappa shape index (κ1) is 19.9. The number of benzene rings is 3. The van der Waals surface area contributed by atoms with E-state index in [4.69, 9.17) is 4.74 Å². The highest BCUT2D eigenvalue weighted by Gasteiger charge is 2.40. The second-order valence-electron chi connectivity index (χ2n) is 7.06. The lowest BCUT2D eigenvalue weighted by Crippen LogP contribution is -2.35. The molecule has 28 heavy (non-hydrogen) atoms. The SMILES string of the molecule is CCCCCCC(=O)OC(c1ccccc1)(c1ccccc1)c1ccccc1. The fraction of sp³-hybridized carbons (Fsp3) is 0.269. The number of ether oxygens (including phenoxy) is 1. The molecule has 0 saturated carbocycles. The summed E-state index contributed by atoms with van der Waals surface area (Å²) in [5.41, 5.74) is 1.91. The zero-order valence-electron chi connectivity index (χ0n) is 16.5. The van der Waals surface area contributed by atoms with Crippen LogP contribution in [0.4, 0.5) is 0 Å². The van der Waals surface area contributed by atoms with Gasteiger partial charge in [0.2, 0.25) is 0 Å². The fourth-order valence-electron chi connectivity index (χ4n) is 3.61. The highest BCUT2D eigenvalue weighted by molar-refractivity contribution is 5.71. The Labute approximate surface area is 168 Å². The minimum atomic E-state index is -0.953. The van der Waals surface area contributed by atoms with Crippen LogP contribution in [0.5, 0.6) is 0 Å². The lowest BCUT2D eigenvalue weighted by atomic mass is 9.80. The van der Waals surface area contributed by atoms with E-state index in [9.17, 15) is 4.79 Å². The smallest absolute Gasteiger partial charge is 0.307 e. The van der Waals surface area contributed by atoms with Crippen LogP contribution in [0.2, 0.25) is 0 Å². The van der Waals surface area contributed by atoms with E-state index in [1.165, 1.54) is 0 Å². The average Bonchev–Trinajstić information content (AvgIpc) is 2.77. The van der Waals surface area contributed by atoms with E-state index in [1.807, 2.05) is 91.0 Å². The van der Waals surface area contributed by atoms with Crippen molar-refractivity contribution in [1.29, 1.82) is 0 Å². The van der Waals surface area contributed by atoms with E-state index in [1.54, 1.807) is 0 Å². The van der Waals surface area contributed by atoms with Crippen molar-refractivity contribution in [3.8, 4) is 0 Å². The number of rotatable bonds is 9. The normalized spacial score (nSPS) is 11.2. The first-order chi connectivity index (χ1) is 13.8. The summed E-state index contributed by atoms with van der Waals surface area (Å²) in [6, 6.07) is 30.1. The zero-order chi connectivity index (χ0) is 19.7. The Bertz CT molecular complexity index is 745. The summed E-state index contributed by atoms with van der Waals surface area (Å²) in [5.74, 6) is -0.160. The van der Waals surface area contributed by atoms with Crippen LogP contribution in [0.1, 0.15) is 55.7 Å². The molecule has 2 heteroatoms. The average molecular weight is 373 g/mol. The highest BCUT2D eigenvalue weighted by Crippen LogP contribution is 2.40. The second kappa shape index (κ2) is 9.89. The van der Waals surface area contributed by atoms with E-state index >= 15 is 0 Å². The highest BCUT2D eigenvalue weighted by atomic mass is 16.6. The van der Waals surface area contributed by atoms with E-state index in [0.29, 0.717) is 6.42 Å². The predicted octanol–water partition coefficient (Wildman–Crippen LogP) is 6.49. The van der Waals surface area contributed by atoms with Crippen molar-refractivity contribution < 1.29 is 9.53 Å². The molecule has 0 unspecified atom stereocenters. The molecule has 144 valence electrons. The van der Waals surface area contributed by atoms with Gasteiger partial charge < -0.3 is 4.74 Å². The van der Waals surface area contributed by atoms with Crippen molar-refractivity contribution in [3.05, 3.63) is 108 Å². The van der Waals surface area contributed by atoms with Crippen molar-refractivity contribution in [2.24, 2.45) is 0 Å². The van der Waals surface area contributed by atoms with Crippen molar-refractivity contribution in [2.75, 3.05) is 0 Å². The lowest BCUT2D eigenvalue weighted by Gasteiger charge is -2.35. The molecule has 0 aliphatic carbocycles. The first-order valence-corrected chi connectivity index (χ1v) is 10.2. The van der Waals surface area contributed by atoms with Gasteiger partial charge in [-0.1, -0.05) is 117 Å². The minimum absolute atomic E-state index is 0.160. The van der Waals surface area contributed by atoms with Crippen LogP contribution < -0.4 is 0 Å². The molecular weight excluding hydrogens is 344 g/mol. The Hall–Kier alpha value is -2.87. The molecule has 0 bridgehead atoms. The third-order valence-corrected chi connectivity index (χ3v) is 5.04. The van der Waals surface area contributed by atoms with E-state index in [2.05, 4.69) is 6.92 Å². The summed E-state index contributed by atoms with van der Waals surface area (Å²) in [6.07, 6.45) is 4.65. The van der Waals surface area contributed by atoms with Crippen molar-refractivity contribution >= 4 is 5.97 Å². The van der Waals surface area contributed by atoms with Gasteiger partial charge in [-0.25, -0.2) is 0 Å². The van der Waals surface area contributed by atoms with Gasteiger partial charge >= 0.3 is 5.97 Å². The van der Waals surface area contributed by atoms with Crippen molar-refractivity contribution in [1.82, 2.24) is 0 Å². The summed E-state index contributed by atoms with van der Waals surface area (Å²) < 4.78 is 6.34. The van der Waals surface area contributed by atoms with Gasteiger partial charge in [-0.3, -0.25) is 4.79 Å². The molecule has 0 N–H and O–H groups in total. The first-order valence-electron chi connectivity index (χ1n) is 10.2. The Kier molecular flexibility index (Phi) is 7.02. The van der Waals surface area contributed by atoms with Gasteiger partial charge in [0.15, 0.2) is 5.60 Å². The van der Waals surface area contributed by atoms with E-state index in [-0.39, 0.29) is 5.97 Å². The van der Waals surface area contributed by atoms with Gasteiger partial charge in [-0.05, 0) is 6.42 Å². The number of hydrogen-bond donors (Lipinski definition) is 0. The second-order valence-corrected chi connectivity index (χ2v) is 7.06. The largest absolute Gasteiger partial charge is 0.444 e. The molecule has 0 aromatic heterocycles. The maximum absolute atomic E-state index is 12.9. The maximum Gasteiger partial charge on any atom is 0.307 e. The predicted molar refractivity (Wildman–Crippen MR) is 114 cm³/mol. The molecule has 0 atom stereocenters. The molecule has 0 heterocycles.